The molecule has 1 aromatic rings. The molecule has 2 aliphatic heterocycles. The van der Waals surface area contributed by atoms with Crippen molar-refractivity contribution >= 4 is 6.03 Å². The highest BCUT2D eigenvalue weighted by Crippen LogP contribution is 2.24. The molecule has 146 valence electrons. The summed E-state index contributed by atoms with van der Waals surface area (Å²) in [7, 11) is 0. The second-order valence-electron chi connectivity index (χ2n) is 7.75. The first-order valence-corrected chi connectivity index (χ1v) is 9.68. The Balaban J connectivity index is 1.47. The van der Waals surface area contributed by atoms with E-state index in [1.165, 1.54) is 12.8 Å². The molecule has 1 atom stereocenters. The van der Waals surface area contributed by atoms with Gasteiger partial charge in [0.05, 0.1) is 25.5 Å². The third-order valence-corrected chi connectivity index (χ3v) is 5.46. The zero-order valence-corrected chi connectivity index (χ0v) is 16.0. The second-order valence-corrected chi connectivity index (χ2v) is 7.75. The average Bonchev–Trinajstić information content (AvgIpc) is 3.36. The summed E-state index contributed by atoms with van der Waals surface area (Å²) in [5.74, 6) is 0.917. The molecule has 2 N–H and O–H groups in total. The Kier molecular flexibility index (Phi) is 6.56. The van der Waals surface area contributed by atoms with Crippen LogP contribution in [0.15, 0.2) is 22.8 Å². The van der Waals surface area contributed by atoms with Crippen molar-refractivity contribution in [3.8, 4) is 0 Å². The zero-order chi connectivity index (χ0) is 18.4. The topological polar surface area (TPSA) is 70.0 Å². The Morgan fingerprint density at radius 3 is 2.58 bits per heavy atom. The van der Waals surface area contributed by atoms with Crippen LogP contribution in [0.4, 0.5) is 4.79 Å². The summed E-state index contributed by atoms with van der Waals surface area (Å²) in [5.41, 5.74) is -0.0868. The number of nitrogens with zero attached hydrogens (tertiary/aromatic N) is 2. The summed E-state index contributed by atoms with van der Waals surface area (Å²) in [6.07, 6.45) is 4.11. The molecule has 2 aliphatic rings. The van der Waals surface area contributed by atoms with Crippen molar-refractivity contribution in [3.63, 3.8) is 0 Å². The molecule has 1 unspecified atom stereocenters. The lowest BCUT2D eigenvalue weighted by atomic mass is 10.0. The zero-order valence-electron chi connectivity index (χ0n) is 16.0. The normalized spacial score (nSPS) is 20.8. The molecule has 7 heteroatoms. The number of rotatable bonds is 7. The van der Waals surface area contributed by atoms with E-state index >= 15 is 0 Å². The summed E-state index contributed by atoms with van der Waals surface area (Å²) in [6, 6.07) is 3.88. The third-order valence-electron chi connectivity index (χ3n) is 5.46. The number of hydrogen-bond acceptors (Lipinski definition) is 5. The van der Waals surface area contributed by atoms with Gasteiger partial charge in [0.25, 0.3) is 0 Å². The minimum atomic E-state index is -0.123. The van der Waals surface area contributed by atoms with Crippen molar-refractivity contribution in [2.75, 3.05) is 52.5 Å². The minimum absolute atomic E-state index is 0.0868. The van der Waals surface area contributed by atoms with E-state index in [4.69, 9.17) is 9.15 Å². The van der Waals surface area contributed by atoms with Gasteiger partial charge in [-0.15, -0.1) is 0 Å². The number of ether oxygens (including phenoxy) is 1. The van der Waals surface area contributed by atoms with Crippen LogP contribution in [0, 0.1) is 0 Å². The molecule has 0 aromatic carbocycles. The molecule has 0 spiro atoms. The minimum Gasteiger partial charge on any atom is -0.468 e. The fraction of sp³-hybridized carbons (Fsp3) is 0.737. The van der Waals surface area contributed by atoms with Gasteiger partial charge in [-0.25, -0.2) is 4.79 Å². The lowest BCUT2D eigenvalue weighted by molar-refractivity contribution is -0.00875. The van der Waals surface area contributed by atoms with Crippen LogP contribution in [0.2, 0.25) is 0 Å². The standard InChI is InChI=1S/C19H32N4O3/c1-19(2,23-9-12-25-13-10-23)15-21-18(24)20-14-16(17-6-5-11-26-17)22-7-3-4-8-22/h5-6,11,16H,3-4,7-10,12-15H2,1-2H3,(H2,20,21,24). The molecule has 0 radical (unpaired) electrons. The van der Waals surface area contributed by atoms with Gasteiger partial charge in [0, 0.05) is 31.7 Å². The maximum Gasteiger partial charge on any atom is 0.314 e. The number of hydrogen-bond donors (Lipinski definition) is 2. The largest absolute Gasteiger partial charge is 0.468 e. The van der Waals surface area contributed by atoms with Crippen LogP contribution >= 0.6 is 0 Å². The van der Waals surface area contributed by atoms with Crippen LogP contribution < -0.4 is 10.6 Å². The Bertz CT molecular complexity index is 549. The number of urea groups is 1. The monoisotopic (exact) mass is 364 g/mol. The predicted octanol–water partition coefficient (Wildman–Crippen LogP) is 1.83. The first-order valence-electron chi connectivity index (χ1n) is 9.68. The summed E-state index contributed by atoms with van der Waals surface area (Å²) < 4.78 is 11.0. The summed E-state index contributed by atoms with van der Waals surface area (Å²) in [6.45, 7) is 10.9. The fourth-order valence-corrected chi connectivity index (χ4v) is 3.77. The maximum atomic E-state index is 12.3. The van der Waals surface area contributed by atoms with Crippen molar-refractivity contribution in [3.05, 3.63) is 24.2 Å². The van der Waals surface area contributed by atoms with Gasteiger partial charge >= 0.3 is 6.03 Å². The van der Waals surface area contributed by atoms with E-state index in [9.17, 15) is 4.79 Å². The lowest BCUT2D eigenvalue weighted by Gasteiger charge is -2.40. The van der Waals surface area contributed by atoms with Gasteiger partial charge in [-0.2, -0.15) is 0 Å². The van der Waals surface area contributed by atoms with Gasteiger partial charge in [-0.05, 0) is 51.9 Å². The van der Waals surface area contributed by atoms with E-state index in [1.54, 1.807) is 6.26 Å². The average molecular weight is 364 g/mol. The number of carbonyl (C=O) groups is 1. The number of likely N-dealkylation sites (tertiary alicyclic amines) is 1. The molecular formula is C19H32N4O3. The van der Waals surface area contributed by atoms with Crippen molar-refractivity contribution in [1.29, 1.82) is 0 Å². The fourth-order valence-electron chi connectivity index (χ4n) is 3.77. The molecule has 3 rings (SSSR count). The van der Waals surface area contributed by atoms with Crippen LogP contribution in [0.1, 0.15) is 38.5 Å². The van der Waals surface area contributed by atoms with Gasteiger partial charge in [0.15, 0.2) is 0 Å². The highest BCUT2D eigenvalue weighted by Gasteiger charge is 2.29. The highest BCUT2D eigenvalue weighted by molar-refractivity contribution is 5.73. The Hall–Kier alpha value is -1.57. The number of amides is 2. The van der Waals surface area contributed by atoms with E-state index in [0.29, 0.717) is 13.1 Å². The Morgan fingerprint density at radius 1 is 1.19 bits per heavy atom. The lowest BCUT2D eigenvalue weighted by Crippen LogP contribution is -2.56. The van der Waals surface area contributed by atoms with Crippen LogP contribution in [0.3, 0.4) is 0 Å². The molecular weight excluding hydrogens is 332 g/mol. The van der Waals surface area contributed by atoms with Gasteiger partial charge in [-0.1, -0.05) is 0 Å². The molecule has 2 saturated heterocycles. The molecule has 0 bridgehead atoms. The Morgan fingerprint density at radius 2 is 1.92 bits per heavy atom. The summed E-state index contributed by atoms with van der Waals surface area (Å²) in [5, 5.41) is 6.06. The number of nitrogens with one attached hydrogen (secondary N) is 2. The highest BCUT2D eigenvalue weighted by atomic mass is 16.5. The number of morpholine rings is 1. The molecule has 2 fully saturated rings. The third kappa shape index (κ3) is 4.99. The summed E-state index contributed by atoms with van der Waals surface area (Å²) >= 11 is 0. The van der Waals surface area contributed by atoms with Crippen LogP contribution in [-0.2, 0) is 4.74 Å². The molecule has 3 heterocycles. The van der Waals surface area contributed by atoms with Crippen LogP contribution in [-0.4, -0.2) is 73.9 Å². The number of carbonyl (C=O) groups excluding carboxylic acids is 1. The molecule has 0 aliphatic carbocycles. The quantitative estimate of drug-likeness (QED) is 0.772. The maximum absolute atomic E-state index is 12.3. The first kappa shape index (κ1) is 19.2. The molecule has 0 saturated carbocycles. The number of furan rings is 1. The van der Waals surface area contributed by atoms with Gasteiger partial charge in [0.1, 0.15) is 5.76 Å². The molecule has 2 amide bonds. The van der Waals surface area contributed by atoms with Crippen molar-refractivity contribution < 1.29 is 13.9 Å². The van der Waals surface area contributed by atoms with Gasteiger partial charge < -0.3 is 19.8 Å². The van der Waals surface area contributed by atoms with E-state index in [-0.39, 0.29) is 17.6 Å². The second kappa shape index (κ2) is 8.88. The van der Waals surface area contributed by atoms with Gasteiger partial charge in [0.2, 0.25) is 0 Å². The van der Waals surface area contributed by atoms with E-state index in [0.717, 1.165) is 45.2 Å². The van der Waals surface area contributed by atoms with Crippen molar-refractivity contribution in [1.82, 2.24) is 20.4 Å². The Labute approximate surface area is 156 Å². The van der Waals surface area contributed by atoms with E-state index in [2.05, 4.69) is 34.3 Å². The molecule has 26 heavy (non-hydrogen) atoms. The van der Waals surface area contributed by atoms with Crippen LogP contribution in [0.25, 0.3) is 0 Å². The van der Waals surface area contributed by atoms with Crippen molar-refractivity contribution in [2.24, 2.45) is 0 Å². The predicted molar refractivity (Wildman–Crippen MR) is 100 cm³/mol. The van der Waals surface area contributed by atoms with E-state index < -0.39 is 0 Å². The van der Waals surface area contributed by atoms with E-state index in [1.807, 2.05) is 12.1 Å². The van der Waals surface area contributed by atoms with Gasteiger partial charge in [-0.3, -0.25) is 9.80 Å². The molecule has 7 nitrogen and oxygen atoms in total. The van der Waals surface area contributed by atoms with Crippen molar-refractivity contribution in [2.45, 2.75) is 38.3 Å². The first-order chi connectivity index (χ1) is 12.6. The smallest absolute Gasteiger partial charge is 0.314 e. The molecule has 1 aromatic heterocycles. The van der Waals surface area contributed by atoms with Crippen LogP contribution in [0.5, 0.6) is 0 Å². The summed E-state index contributed by atoms with van der Waals surface area (Å²) in [4.78, 5) is 17.1. The SMILES string of the molecule is CC(C)(CNC(=O)NCC(c1ccco1)N1CCCC1)N1CCOCC1.